The van der Waals surface area contributed by atoms with Gasteiger partial charge in [0.1, 0.15) is 11.5 Å². The maximum Gasteiger partial charge on any atom is 0.119 e. The van der Waals surface area contributed by atoms with Gasteiger partial charge in [-0.2, -0.15) is 0 Å². The molecule has 0 unspecified atom stereocenters. The van der Waals surface area contributed by atoms with Crippen molar-refractivity contribution in [3.05, 3.63) is 47.2 Å². The standard InChI is InChI=1S/C15H21NO2/c1-4-5-12(16)6-9-15(17)14-8-7-13(18-3)10-11(14)2/h5,7-10,17H,4,6,16H2,1-3H3/b12-5-,15-9+. The molecule has 3 heteroatoms. The van der Waals surface area contributed by atoms with Crippen molar-refractivity contribution in [3.8, 4) is 5.75 Å². The Morgan fingerprint density at radius 1 is 1.39 bits per heavy atom. The average molecular weight is 247 g/mol. The fourth-order valence-corrected chi connectivity index (χ4v) is 1.72. The van der Waals surface area contributed by atoms with Crippen molar-refractivity contribution in [1.29, 1.82) is 0 Å². The van der Waals surface area contributed by atoms with E-state index < -0.39 is 0 Å². The highest BCUT2D eigenvalue weighted by molar-refractivity contribution is 5.62. The van der Waals surface area contributed by atoms with Crippen LogP contribution in [0.1, 0.15) is 30.9 Å². The minimum Gasteiger partial charge on any atom is -0.508 e. The molecule has 0 radical (unpaired) electrons. The van der Waals surface area contributed by atoms with Crippen LogP contribution in [0.3, 0.4) is 0 Å². The third-order valence-electron chi connectivity index (χ3n) is 2.71. The molecule has 0 heterocycles. The van der Waals surface area contributed by atoms with Crippen LogP contribution in [0.15, 0.2) is 36.0 Å². The number of rotatable bonds is 5. The van der Waals surface area contributed by atoms with E-state index in [9.17, 15) is 5.11 Å². The van der Waals surface area contributed by atoms with Crippen LogP contribution in [-0.4, -0.2) is 12.2 Å². The number of aliphatic hydroxyl groups excluding tert-OH is 1. The summed E-state index contributed by atoms with van der Waals surface area (Å²) in [6.07, 6.45) is 5.15. The van der Waals surface area contributed by atoms with Crippen LogP contribution in [-0.2, 0) is 0 Å². The molecule has 0 spiro atoms. The largest absolute Gasteiger partial charge is 0.508 e. The minimum absolute atomic E-state index is 0.252. The Kier molecular flexibility index (Phi) is 5.31. The first-order valence-corrected chi connectivity index (χ1v) is 6.07. The highest BCUT2D eigenvalue weighted by atomic mass is 16.5. The Bertz CT molecular complexity index is 462. The number of ether oxygens (including phenoxy) is 1. The van der Waals surface area contributed by atoms with Gasteiger partial charge in [-0.25, -0.2) is 0 Å². The van der Waals surface area contributed by atoms with Gasteiger partial charge < -0.3 is 15.6 Å². The van der Waals surface area contributed by atoms with E-state index in [0.717, 1.165) is 29.0 Å². The zero-order valence-corrected chi connectivity index (χ0v) is 11.2. The Morgan fingerprint density at radius 3 is 2.67 bits per heavy atom. The number of hydrogen-bond donors (Lipinski definition) is 2. The summed E-state index contributed by atoms with van der Waals surface area (Å²) >= 11 is 0. The van der Waals surface area contributed by atoms with Gasteiger partial charge in [0, 0.05) is 17.7 Å². The summed E-state index contributed by atoms with van der Waals surface area (Å²) in [6, 6.07) is 5.57. The number of methoxy groups -OCH3 is 1. The molecular formula is C15H21NO2. The van der Waals surface area contributed by atoms with Crippen molar-refractivity contribution < 1.29 is 9.84 Å². The predicted molar refractivity (Wildman–Crippen MR) is 75.5 cm³/mol. The van der Waals surface area contributed by atoms with E-state index in [2.05, 4.69) is 0 Å². The quantitative estimate of drug-likeness (QED) is 0.782. The summed E-state index contributed by atoms with van der Waals surface area (Å²) in [5.41, 5.74) is 8.33. The zero-order valence-electron chi connectivity index (χ0n) is 11.2. The smallest absolute Gasteiger partial charge is 0.119 e. The molecule has 0 bridgehead atoms. The SMILES string of the molecule is CC/C=C(\N)C/C=C(/O)c1ccc(OC)cc1C. The van der Waals surface area contributed by atoms with Crippen molar-refractivity contribution in [3.63, 3.8) is 0 Å². The van der Waals surface area contributed by atoms with Crippen LogP contribution in [0.4, 0.5) is 0 Å². The Balaban J connectivity index is 2.86. The second-order valence-electron chi connectivity index (χ2n) is 4.16. The molecular weight excluding hydrogens is 226 g/mol. The van der Waals surface area contributed by atoms with Crippen molar-refractivity contribution in [2.45, 2.75) is 26.7 Å². The van der Waals surface area contributed by atoms with Crippen LogP contribution < -0.4 is 10.5 Å². The average Bonchev–Trinajstić information content (AvgIpc) is 2.36. The van der Waals surface area contributed by atoms with Crippen LogP contribution in [0.5, 0.6) is 5.75 Å². The van der Waals surface area contributed by atoms with Gasteiger partial charge in [0.2, 0.25) is 0 Å². The maximum atomic E-state index is 10.0. The minimum atomic E-state index is 0.252. The van der Waals surface area contributed by atoms with Crippen LogP contribution in [0.25, 0.3) is 5.76 Å². The van der Waals surface area contributed by atoms with Gasteiger partial charge in [-0.05, 0) is 43.2 Å². The molecule has 0 aromatic heterocycles. The van der Waals surface area contributed by atoms with Gasteiger partial charge in [-0.1, -0.05) is 13.0 Å². The van der Waals surface area contributed by atoms with Gasteiger partial charge in [-0.3, -0.25) is 0 Å². The van der Waals surface area contributed by atoms with Gasteiger partial charge in [0.15, 0.2) is 0 Å². The first-order valence-electron chi connectivity index (χ1n) is 6.07. The molecule has 1 aromatic carbocycles. The molecule has 0 saturated heterocycles. The number of allylic oxidation sites excluding steroid dienone is 2. The van der Waals surface area contributed by atoms with Crippen molar-refractivity contribution in [2.24, 2.45) is 5.73 Å². The number of aryl methyl sites for hydroxylation is 1. The molecule has 0 aliphatic heterocycles. The van der Waals surface area contributed by atoms with Crippen LogP contribution in [0, 0.1) is 6.92 Å². The molecule has 0 aliphatic rings. The lowest BCUT2D eigenvalue weighted by Crippen LogP contribution is -1.96. The Morgan fingerprint density at radius 2 is 2.11 bits per heavy atom. The third kappa shape index (κ3) is 3.84. The number of aliphatic hydroxyl groups is 1. The summed E-state index contributed by atoms with van der Waals surface area (Å²) < 4.78 is 5.13. The third-order valence-corrected chi connectivity index (χ3v) is 2.71. The Labute approximate surface area is 109 Å². The predicted octanol–water partition coefficient (Wildman–Crippen LogP) is 3.55. The molecule has 0 amide bonds. The first kappa shape index (κ1) is 14.2. The normalized spacial score (nSPS) is 12.6. The highest BCUT2D eigenvalue weighted by Crippen LogP contribution is 2.22. The van der Waals surface area contributed by atoms with E-state index in [1.165, 1.54) is 0 Å². The second kappa shape index (κ2) is 6.74. The van der Waals surface area contributed by atoms with E-state index >= 15 is 0 Å². The molecule has 0 fully saturated rings. The summed E-state index contributed by atoms with van der Waals surface area (Å²) in [5, 5.41) is 10.0. The van der Waals surface area contributed by atoms with E-state index in [4.69, 9.17) is 10.5 Å². The number of benzene rings is 1. The second-order valence-corrected chi connectivity index (χ2v) is 4.16. The lowest BCUT2D eigenvalue weighted by Gasteiger charge is -2.07. The lowest BCUT2D eigenvalue weighted by atomic mass is 10.1. The molecule has 98 valence electrons. The summed E-state index contributed by atoms with van der Waals surface area (Å²) in [6.45, 7) is 3.97. The molecule has 18 heavy (non-hydrogen) atoms. The first-order chi connectivity index (χ1) is 8.58. The van der Waals surface area contributed by atoms with Crippen LogP contribution >= 0.6 is 0 Å². The molecule has 0 atom stereocenters. The maximum absolute atomic E-state index is 10.0. The lowest BCUT2D eigenvalue weighted by molar-refractivity contribution is 0.414. The zero-order chi connectivity index (χ0) is 13.5. The summed E-state index contributed by atoms with van der Waals surface area (Å²) in [4.78, 5) is 0. The topological polar surface area (TPSA) is 55.5 Å². The molecule has 1 aromatic rings. The molecule has 3 N–H and O–H groups in total. The van der Waals surface area contributed by atoms with E-state index in [1.54, 1.807) is 13.2 Å². The van der Waals surface area contributed by atoms with Crippen molar-refractivity contribution in [1.82, 2.24) is 0 Å². The van der Waals surface area contributed by atoms with Crippen molar-refractivity contribution in [2.75, 3.05) is 7.11 Å². The Hall–Kier alpha value is -1.90. The fraction of sp³-hybridized carbons (Fsp3) is 0.333. The highest BCUT2D eigenvalue weighted by Gasteiger charge is 2.04. The molecule has 0 aliphatic carbocycles. The molecule has 3 nitrogen and oxygen atoms in total. The monoisotopic (exact) mass is 247 g/mol. The summed E-state index contributed by atoms with van der Waals surface area (Å²) in [7, 11) is 1.63. The van der Waals surface area contributed by atoms with Crippen LogP contribution in [0.2, 0.25) is 0 Å². The molecule has 1 rings (SSSR count). The molecule has 0 saturated carbocycles. The van der Waals surface area contributed by atoms with E-state index in [0.29, 0.717) is 6.42 Å². The number of nitrogens with two attached hydrogens (primary N) is 1. The van der Waals surface area contributed by atoms with E-state index in [-0.39, 0.29) is 5.76 Å². The fourth-order valence-electron chi connectivity index (χ4n) is 1.72. The number of hydrogen-bond acceptors (Lipinski definition) is 3. The summed E-state index contributed by atoms with van der Waals surface area (Å²) in [5.74, 6) is 1.04. The van der Waals surface area contributed by atoms with Gasteiger partial charge in [0.25, 0.3) is 0 Å². The van der Waals surface area contributed by atoms with Gasteiger partial charge in [0.05, 0.1) is 7.11 Å². The van der Waals surface area contributed by atoms with Crippen molar-refractivity contribution >= 4 is 5.76 Å². The van der Waals surface area contributed by atoms with Gasteiger partial charge in [-0.15, -0.1) is 0 Å². The van der Waals surface area contributed by atoms with Gasteiger partial charge >= 0.3 is 0 Å². The van der Waals surface area contributed by atoms with E-state index in [1.807, 2.05) is 38.1 Å².